The minimum atomic E-state index is -0.341. The Kier molecular flexibility index (Phi) is 5.61. The fourth-order valence-corrected chi connectivity index (χ4v) is 2.83. The lowest BCUT2D eigenvalue weighted by Crippen LogP contribution is -2.35. The van der Waals surface area contributed by atoms with Crippen LogP contribution in [-0.2, 0) is 6.54 Å². The van der Waals surface area contributed by atoms with E-state index in [1.54, 1.807) is 6.07 Å². The van der Waals surface area contributed by atoms with Gasteiger partial charge >= 0.3 is 0 Å². The molecule has 0 spiro atoms. The highest BCUT2D eigenvalue weighted by molar-refractivity contribution is 6.30. The van der Waals surface area contributed by atoms with Crippen LogP contribution in [0.25, 0.3) is 0 Å². The van der Waals surface area contributed by atoms with Crippen molar-refractivity contribution in [2.45, 2.75) is 26.3 Å². The van der Waals surface area contributed by atoms with Crippen molar-refractivity contribution >= 4 is 11.6 Å². The Morgan fingerprint density at radius 2 is 2.11 bits per heavy atom. The van der Waals surface area contributed by atoms with Gasteiger partial charge in [-0.25, -0.2) is 4.39 Å². The van der Waals surface area contributed by atoms with Gasteiger partial charge in [-0.15, -0.1) is 0 Å². The van der Waals surface area contributed by atoms with Crippen molar-refractivity contribution in [1.82, 2.24) is 10.2 Å². The molecular weight excluding hydrogens is 263 g/mol. The van der Waals surface area contributed by atoms with E-state index in [0.717, 1.165) is 44.2 Å². The average molecular weight is 285 g/mol. The first-order valence-corrected chi connectivity index (χ1v) is 7.44. The second-order valence-electron chi connectivity index (χ2n) is 5.27. The molecule has 0 unspecified atom stereocenters. The van der Waals surface area contributed by atoms with Crippen molar-refractivity contribution in [3.8, 4) is 0 Å². The van der Waals surface area contributed by atoms with Crippen LogP contribution in [0, 0.1) is 11.7 Å². The molecule has 0 radical (unpaired) electrons. The van der Waals surface area contributed by atoms with E-state index >= 15 is 0 Å². The molecule has 2 nitrogen and oxygen atoms in total. The summed E-state index contributed by atoms with van der Waals surface area (Å²) in [7, 11) is 0. The van der Waals surface area contributed by atoms with Crippen molar-refractivity contribution in [3.05, 3.63) is 34.6 Å². The summed E-state index contributed by atoms with van der Waals surface area (Å²) in [6.45, 7) is 7.41. The standard InChI is InChI=1S/C15H22ClFN2/c1-2-19(10-12-5-7-18-8-6-12)11-13-3-4-15(17)14(16)9-13/h3-4,9,12,18H,2,5-8,10-11H2,1H3. The third-order valence-corrected chi connectivity index (χ3v) is 4.10. The van der Waals surface area contributed by atoms with Gasteiger partial charge in [-0.05, 0) is 56.1 Å². The molecule has 106 valence electrons. The maximum Gasteiger partial charge on any atom is 0.141 e. The highest BCUT2D eigenvalue weighted by atomic mass is 35.5. The lowest BCUT2D eigenvalue weighted by molar-refractivity contribution is 0.207. The van der Waals surface area contributed by atoms with Crippen LogP contribution in [0.4, 0.5) is 4.39 Å². The number of hydrogen-bond donors (Lipinski definition) is 1. The number of halogens is 2. The minimum Gasteiger partial charge on any atom is -0.317 e. The van der Waals surface area contributed by atoms with Crippen LogP contribution in [0.5, 0.6) is 0 Å². The Hall–Kier alpha value is -0.640. The molecule has 0 bridgehead atoms. The molecule has 0 amide bonds. The summed E-state index contributed by atoms with van der Waals surface area (Å²) in [5.74, 6) is 0.434. The zero-order chi connectivity index (χ0) is 13.7. The summed E-state index contributed by atoms with van der Waals surface area (Å²) in [4.78, 5) is 2.42. The highest BCUT2D eigenvalue weighted by Gasteiger charge is 2.16. The highest BCUT2D eigenvalue weighted by Crippen LogP contribution is 2.19. The number of piperidine rings is 1. The SMILES string of the molecule is CCN(Cc1ccc(F)c(Cl)c1)CC1CCNCC1. The third-order valence-electron chi connectivity index (χ3n) is 3.81. The summed E-state index contributed by atoms with van der Waals surface area (Å²) in [5, 5.41) is 3.61. The average Bonchev–Trinajstić information content (AvgIpc) is 2.43. The minimum absolute atomic E-state index is 0.218. The Bertz CT molecular complexity index is 405. The summed E-state index contributed by atoms with van der Waals surface area (Å²) in [6.07, 6.45) is 2.50. The summed E-state index contributed by atoms with van der Waals surface area (Å²) < 4.78 is 13.1. The molecule has 2 rings (SSSR count). The number of nitrogens with zero attached hydrogens (tertiary/aromatic N) is 1. The molecule has 19 heavy (non-hydrogen) atoms. The summed E-state index contributed by atoms with van der Waals surface area (Å²) in [6, 6.07) is 5.02. The molecule has 1 aliphatic heterocycles. The van der Waals surface area contributed by atoms with Crippen molar-refractivity contribution in [2.75, 3.05) is 26.2 Å². The predicted molar refractivity (Wildman–Crippen MR) is 78.0 cm³/mol. The molecule has 1 aromatic carbocycles. The largest absolute Gasteiger partial charge is 0.317 e. The van der Waals surface area contributed by atoms with Crippen molar-refractivity contribution in [3.63, 3.8) is 0 Å². The fraction of sp³-hybridized carbons (Fsp3) is 0.600. The number of hydrogen-bond acceptors (Lipinski definition) is 2. The molecule has 4 heteroatoms. The third kappa shape index (κ3) is 4.44. The van der Waals surface area contributed by atoms with Crippen LogP contribution in [-0.4, -0.2) is 31.1 Å². The van der Waals surface area contributed by atoms with E-state index in [4.69, 9.17) is 11.6 Å². The van der Waals surface area contributed by atoms with Crippen LogP contribution in [0.2, 0.25) is 5.02 Å². The quantitative estimate of drug-likeness (QED) is 0.892. The van der Waals surface area contributed by atoms with Gasteiger partial charge in [0.15, 0.2) is 0 Å². The van der Waals surface area contributed by atoms with Gasteiger partial charge in [0.1, 0.15) is 5.82 Å². The predicted octanol–water partition coefficient (Wildman–Crippen LogP) is 3.30. The van der Waals surface area contributed by atoms with Crippen LogP contribution < -0.4 is 5.32 Å². The Morgan fingerprint density at radius 1 is 1.37 bits per heavy atom. The van der Waals surface area contributed by atoms with E-state index in [2.05, 4.69) is 17.1 Å². The maximum atomic E-state index is 13.1. The van der Waals surface area contributed by atoms with Crippen molar-refractivity contribution < 1.29 is 4.39 Å². The zero-order valence-electron chi connectivity index (χ0n) is 11.5. The first-order chi connectivity index (χ1) is 9.19. The van der Waals surface area contributed by atoms with E-state index in [0.29, 0.717) is 0 Å². The second kappa shape index (κ2) is 7.22. The van der Waals surface area contributed by atoms with Crippen molar-refractivity contribution in [2.24, 2.45) is 5.92 Å². The Labute approximate surface area is 119 Å². The van der Waals surface area contributed by atoms with E-state index in [1.807, 2.05) is 6.07 Å². The van der Waals surface area contributed by atoms with Gasteiger partial charge in [0.05, 0.1) is 5.02 Å². The van der Waals surface area contributed by atoms with Crippen LogP contribution >= 0.6 is 11.6 Å². The monoisotopic (exact) mass is 284 g/mol. The van der Waals surface area contributed by atoms with Crippen LogP contribution in [0.15, 0.2) is 18.2 Å². The van der Waals surface area contributed by atoms with Gasteiger partial charge in [-0.2, -0.15) is 0 Å². The number of benzene rings is 1. The molecule has 0 saturated carbocycles. The topological polar surface area (TPSA) is 15.3 Å². The molecule has 0 atom stereocenters. The van der Waals surface area contributed by atoms with Gasteiger partial charge in [0.25, 0.3) is 0 Å². The van der Waals surface area contributed by atoms with Gasteiger partial charge < -0.3 is 5.32 Å². The molecule has 0 aromatic heterocycles. The number of nitrogens with one attached hydrogen (secondary N) is 1. The first kappa shape index (κ1) is 14.8. The Morgan fingerprint density at radius 3 is 2.74 bits per heavy atom. The summed E-state index contributed by atoms with van der Waals surface area (Å²) >= 11 is 5.83. The number of rotatable bonds is 5. The second-order valence-corrected chi connectivity index (χ2v) is 5.68. The molecule has 1 aromatic rings. The lowest BCUT2D eigenvalue weighted by atomic mass is 9.97. The molecule has 1 aliphatic rings. The smallest absolute Gasteiger partial charge is 0.141 e. The van der Waals surface area contributed by atoms with E-state index in [-0.39, 0.29) is 10.8 Å². The van der Waals surface area contributed by atoms with Crippen LogP contribution in [0.1, 0.15) is 25.3 Å². The lowest BCUT2D eigenvalue weighted by Gasteiger charge is -2.29. The summed E-state index contributed by atoms with van der Waals surface area (Å²) in [5.41, 5.74) is 1.09. The molecule has 1 saturated heterocycles. The molecular formula is C15H22ClFN2. The molecule has 1 N–H and O–H groups in total. The van der Waals surface area contributed by atoms with E-state index in [9.17, 15) is 4.39 Å². The van der Waals surface area contributed by atoms with E-state index in [1.165, 1.54) is 18.9 Å². The molecule has 1 fully saturated rings. The van der Waals surface area contributed by atoms with Gasteiger partial charge in [0.2, 0.25) is 0 Å². The molecule has 1 heterocycles. The normalized spacial score (nSPS) is 17.1. The maximum absolute atomic E-state index is 13.1. The van der Waals surface area contributed by atoms with E-state index < -0.39 is 0 Å². The van der Waals surface area contributed by atoms with Gasteiger partial charge in [0, 0.05) is 13.1 Å². The zero-order valence-corrected chi connectivity index (χ0v) is 12.2. The van der Waals surface area contributed by atoms with Gasteiger partial charge in [-0.1, -0.05) is 24.6 Å². The van der Waals surface area contributed by atoms with Crippen LogP contribution in [0.3, 0.4) is 0 Å². The van der Waals surface area contributed by atoms with Crippen molar-refractivity contribution in [1.29, 1.82) is 0 Å². The molecule has 0 aliphatic carbocycles. The Balaban J connectivity index is 1.92. The first-order valence-electron chi connectivity index (χ1n) is 7.06. The van der Waals surface area contributed by atoms with Gasteiger partial charge in [-0.3, -0.25) is 4.90 Å². The fourth-order valence-electron chi connectivity index (χ4n) is 2.63.